The Morgan fingerprint density at radius 2 is 1.81 bits per heavy atom. The van der Waals surface area contributed by atoms with E-state index < -0.39 is 0 Å². The molecule has 0 spiro atoms. The molecule has 0 unspecified atom stereocenters. The molecule has 4 rings (SSSR count). The van der Waals surface area contributed by atoms with E-state index in [1.165, 1.54) is 18.4 Å². The van der Waals surface area contributed by atoms with Crippen molar-refractivity contribution in [2.45, 2.75) is 52.0 Å². The third-order valence-corrected chi connectivity index (χ3v) is 6.99. The van der Waals surface area contributed by atoms with Crippen LogP contribution in [-0.4, -0.2) is 34.7 Å². The molecule has 0 radical (unpaired) electrons. The highest BCUT2D eigenvalue weighted by atomic mass is 35.5. The van der Waals surface area contributed by atoms with Gasteiger partial charge in [0.15, 0.2) is 5.75 Å². The molecule has 32 heavy (non-hydrogen) atoms. The number of imidazole rings is 1. The van der Waals surface area contributed by atoms with E-state index in [1.807, 2.05) is 23.7 Å². The zero-order valence-corrected chi connectivity index (χ0v) is 20.8. The smallest absolute Gasteiger partial charge is 0.302 e. The first-order chi connectivity index (χ1) is 15.5. The summed E-state index contributed by atoms with van der Waals surface area (Å²) < 4.78 is 14.0. The third-order valence-electron chi connectivity index (χ3n) is 6.49. The van der Waals surface area contributed by atoms with Crippen molar-refractivity contribution in [1.29, 1.82) is 0 Å². The van der Waals surface area contributed by atoms with E-state index in [0.717, 1.165) is 54.8 Å². The Balaban J connectivity index is 1.80. The maximum atomic E-state index is 6.62. The van der Waals surface area contributed by atoms with E-state index in [-0.39, 0.29) is 0 Å². The molecule has 2 aromatic carbocycles. The van der Waals surface area contributed by atoms with Crippen molar-refractivity contribution in [3.63, 3.8) is 0 Å². The molecule has 7 heteroatoms. The summed E-state index contributed by atoms with van der Waals surface area (Å²) in [5.74, 6) is 1.79. The second kappa shape index (κ2) is 9.90. The van der Waals surface area contributed by atoms with Gasteiger partial charge in [0.2, 0.25) is 0 Å². The van der Waals surface area contributed by atoms with Gasteiger partial charge in [-0.3, -0.25) is 9.47 Å². The molecule has 5 nitrogen and oxygen atoms in total. The van der Waals surface area contributed by atoms with Crippen LogP contribution in [0.2, 0.25) is 10.0 Å². The Morgan fingerprint density at radius 3 is 2.47 bits per heavy atom. The summed E-state index contributed by atoms with van der Waals surface area (Å²) in [6.07, 6.45) is 4.55. The fourth-order valence-corrected chi connectivity index (χ4v) is 5.31. The van der Waals surface area contributed by atoms with Crippen LogP contribution in [0, 0.1) is 0 Å². The molecule has 172 valence electrons. The summed E-state index contributed by atoms with van der Waals surface area (Å²) in [5.41, 5.74) is 4.08. The second-order valence-corrected chi connectivity index (χ2v) is 9.33. The Hall–Kier alpha value is -1.95. The van der Waals surface area contributed by atoms with Gasteiger partial charge in [-0.2, -0.15) is 4.98 Å². The topological polar surface area (TPSA) is 39.5 Å². The minimum Gasteiger partial charge on any atom is -0.494 e. The lowest BCUT2D eigenvalue weighted by atomic mass is 9.92. The van der Waals surface area contributed by atoms with Crippen LogP contribution in [0.25, 0.3) is 11.0 Å². The molecule has 0 bridgehead atoms. The molecule has 2 heterocycles. The lowest BCUT2D eigenvalue weighted by Crippen LogP contribution is -2.19. The predicted molar refractivity (Wildman–Crippen MR) is 132 cm³/mol. The molecular formula is C25H31Cl2N3O2. The van der Waals surface area contributed by atoms with Crippen LogP contribution in [0.4, 0.5) is 0 Å². The minimum atomic E-state index is 0.441. The number of benzene rings is 2. The number of aryl methyl sites for hydroxylation is 1. The standard InChI is InChI=1S/C25H31Cl2N3O2/c1-5-16(6-2)19-9-10-21(31-4)22-23(19)29(3)25(28-22)32-24-17(13-18(26)14-20(24)27)15-30-11-7-8-12-30/h9-10,13-14,16H,5-8,11-12,15H2,1-4H3. The van der Waals surface area contributed by atoms with Crippen LogP contribution < -0.4 is 9.47 Å². The lowest BCUT2D eigenvalue weighted by Gasteiger charge is -2.19. The number of ether oxygens (including phenoxy) is 2. The fraction of sp³-hybridized carbons (Fsp3) is 0.480. The first kappa shape index (κ1) is 23.2. The maximum Gasteiger partial charge on any atom is 0.302 e. The molecule has 0 N–H and O–H groups in total. The van der Waals surface area contributed by atoms with Crippen LogP contribution in [0.15, 0.2) is 24.3 Å². The predicted octanol–water partition coefficient (Wildman–Crippen LogP) is 7.18. The molecule has 1 saturated heterocycles. The Labute approximate surface area is 200 Å². The van der Waals surface area contributed by atoms with E-state index in [0.29, 0.717) is 27.7 Å². The van der Waals surface area contributed by atoms with Crippen molar-refractivity contribution < 1.29 is 9.47 Å². The number of likely N-dealkylation sites (tertiary alicyclic amines) is 1. The SMILES string of the molecule is CCC(CC)c1ccc(OC)c2nc(Oc3c(Cl)cc(Cl)cc3CN3CCCC3)n(C)c12. The maximum absolute atomic E-state index is 6.62. The van der Waals surface area contributed by atoms with Crippen LogP contribution in [0.5, 0.6) is 17.5 Å². The van der Waals surface area contributed by atoms with E-state index in [1.54, 1.807) is 13.2 Å². The highest BCUT2D eigenvalue weighted by Gasteiger charge is 2.23. The normalized spacial score (nSPS) is 14.6. The molecule has 1 aliphatic heterocycles. The number of halogens is 2. The van der Waals surface area contributed by atoms with Crippen molar-refractivity contribution in [1.82, 2.24) is 14.5 Å². The van der Waals surface area contributed by atoms with Gasteiger partial charge in [-0.1, -0.05) is 43.1 Å². The van der Waals surface area contributed by atoms with Crippen molar-refractivity contribution >= 4 is 34.2 Å². The monoisotopic (exact) mass is 475 g/mol. The second-order valence-electron chi connectivity index (χ2n) is 8.48. The molecule has 3 aromatic rings. The van der Waals surface area contributed by atoms with Gasteiger partial charge in [0, 0.05) is 24.2 Å². The Kier molecular flexibility index (Phi) is 7.18. The summed E-state index contributed by atoms with van der Waals surface area (Å²) in [6.45, 7) is 7.34. The molecule has 0 atom stereocenters. The lowest BCUT2D eigenvalue weighted by molar-refractivity contribution is 0.323. The Bertz CT molecular complexity index is 1100. The summed E-state index contributed by atoms with van der Waals surface area (Å²) >= 11 is 13.0. The zero-order valence-electron chi connectivity index (χ0n) is 19.3. The summed E-state index contributed by atoms with van der Waals surface area (Å²) in [7, 11) is 3.66. The quantitative estimate of drug-likeness (QED) is 0.345. The first-order valence-electron chi connectivity index (χ1n) is 11.4. The number of rotatable bonds is 8. The number of methoxy groups -OCH3 is 1. The van der Waals surface area contributed by atoms with Crippen molar-refractivity contribution in [3.05, 3.63) is 45.4 Å². The largest absolute Gasteiger partial charge is 0.494 e. The van der Waals surface area contributed by atoms with Gasteiger partial charge in [0.25, 0.3) is 0 Å². The highest BCUT2D eigenvalue weighted by Crippen LogP contribution is 2.40. The summed E-state index contributed by atoms with van der Waals surface area (Å²) in [4.78, 5) is 7.24. The van der Waals surface area contributed by atoms with E-state index in [4.69, 9.17) is 37.7 Å². The first-order valence-corrected chi connectivity index (χ1v) is 12.1. The molecular weight excluding hydrogens is 445 g/mol. The number of hydrogen-bond acceptors (Lipinski definition) is 4. The van der Waals surface area contributed by atoms with Crippen LogP contribution in [-0.2, 0) is 13.6 Å². The van der Waals surface area contributed by atoms with Crippen molar-refractivity contribution in [2.75, 3.05) is 20.2 Å². The van der Waals surface area contributed by atoms with Gasteiger partial charge in [0.05, 0.1) is 17.6 Å². The van der Waals surface area contributed by atoms with Crippen molar-refractivity contribution in [3.8, 4) is 17.5 Å². The van der Waals surface area contributed by atoms with Gasteiger partial charge in [0.1, 0.15) is 11.3 Å². The van der Waals surface area contributed by atoms with Gasteiger partial charge in [-0.05, 0) is 68.5 Å². The molecule has 0 aliphatic carbocycles. The highest BCUT2D eigenvalue weighted by molar-refractivity contribution is 6.35. The molecule has 1 fully saturated rings. The number of fused-ring (bicyclic) bond motifs is 1. The average molecular weight is 476 g/mol. The average Bonchev–Trinajstić information content (AvgIpc) is 3.40. The number of aromatic nitrogens is 2. The molecule has 1 aliphatic rings. The summed E-state index contributed by atoms with van der Waals surface area (Å²) in [5, 5.41) is 1.10. The number of hydrogen-bond donors (Lipinski definition) is 0. The van der Waals surface area contributed by atoms with Gasteiger partial charge in [-0.15, -0.1) is 0 Å². The molecule has 0 saturated carbocycles. The van der Waals surface area contributed by atoms with Gasteiger partial charge < -0.3 is 9.47 Å². The van der Waals surface area contributed by atoms with E-state index in [9.17, 15) is 0 Å². The van der Waals surface area contributed by atoms with E-state index >= 15 is 0 Å². The third kappa shape index (κ3) is 4.43. The molecule has 0 amide bonds. The van der Waals surface area contributed by atoms with Crippen molar-refractivity contribution in [2.24, 2.45) is 7.05 Å². The van der Waals surface area contributed by atoms with Gasteiger partial charge >= 0.3 is 6.01 Å². The minimum absolute atomic E-state index is 0.441. The van der Waals surface area contributed by atoms with Crippen LogP contribution >= 0.6 is 23.2 Å². The van der Waals surface area contributed by atoms with Crippen LogP contribution in [0.3, 0.4) is 0 Å². The van der Waals surface area contributed by atoms with Crippen LogP contribution in [0.1, 0.15) is 56.6 Å². The summed E-state index contributed by atoms with van der Waals surface area (Å²) in [6, 6.07) is 8.31. The van der Waals surface area contributed by atoms with Gasteiger partial charge in [-0.25, -0.2) is 0 Å². The fourth-order valence-electron chi connectivity index (χ4n) is 4.74. The van der Waals surface area contributed by atoms with E-state index in [2.05, 4.69) is 24.8 Å². The number of nitrogens with zero attached hydrogens (tertiary/aromatic N) is 3. The molecule has 1 aromatic heterocycles. The Morgan fingerprint density at radius 1 is 1.09 bits per heavy atom. The zero-order chi connectivity index (χ0) is 22.8.